The summed E-state index contributed by atoms with van der Waals surface area (Å²) in [5.74, 6) is 1.48. The van der Waals surface area contributed by atoms with E-state index in [1.54, 1.807) is 13.3 Å². The number of benzene rings is 1. The van der Waals surface area contributed by atoms with E-state index in [1.165, 1.54) is 5.56 Å². The van der Waals surface area contributed by atoms with Crippen LogP contribution in [0.2, 0.25) is 0 Å². The van der Waals surface area contributed by atoms with Crippen LogP contribution in [-0.2, 0) is 4.74 Å². The minimum absolute atomic E-state index is 0.0855. The second kappa shape index (κ2) is 9.51. The molecule has 5 heteroatoms. The van der Waals surface area contributed by atoms with E-state index in [0.717, 1.165) is 44.7 Å². The molecule has 3 rings (SSSR count). The summed E-state index contributed by atoms with van der Waals surface area (Å²) >= 11 is 0. The Morgan fingerprint density at radius 1 is 1.19 bits per heavy atom. The molecule has 1 amide bonds. The van der Waals surface area contributed by atoms with Crippen LogP contribution < -0.4 is 4.90 Å². The van der Waals surface area contributed by atoms with Crippen LogP contribution in [0.4, 0.5) is 5.82 Å². The largest absolute Gasteiger partial charge is 0.383 e. The van der Waals surface area contributed by atoms with Crippen molar-refractivity contribution < 1.29 is 9.53 Å². The fraction of sp³-hybridized carbons (Fsp3) is 0.455. The Kier molecular flexibility index (Phi) is 6.82. The van der Waals surface area contributed by atoms with Crippen molar-refractivity contribution in [2.75, 3.05) is 45.3 Å². The molecule has 0 saturated carbocycles. The molecule has 2 aromatic rings. The maximum Gasteiger partial charge on any atom is 0.255 e. The monoisotopic (exact) mass is 367 g/mol. The zero-order valence-corrected chi connectivity index (χ0v) is 16.3. The van der Waals surface area contributed by atoms with Gasteiger partial charge in [-0.05, 0) is 42.9 Å². The van der Waals surface area contributed by atoms with Crippen molar-refractivity contribution in [1.29, 1.82) is 0 Å². The lowest BCUT2D eigenvalue weighted by atomic mass is 9.92. The molecule has 0 N–H and O–H groups in total. The number of likely N-dealkylation sites (N-methyl/N-ethyl adjacent to an activating group) is 1. The zero-order chi connectivity index (χ0) is 19.1. The maximum atomic E-state index is 12.9. The number of amides is 1. The second-order valence-corrected chi connectivity index (χ2v) is 7.15. The van der Waals surface area contributed by atoms with Crippen LogP contribution in [0.3, 0.4) is 0 Å². The normalized spacial score (nSPS) is 17.4. The van der Waals surface area contributed by atoms with Gasteiger partial charge in [-0.25, -0.2) is 4.98 Å². The number of ether oxygens (including phenoxy) is 1. The Bertz CT molecular complexity index is 718. The van der Waals surface area contributed by atoms with E-state index in [2.05, 4.69) is 35.3 Å². The first-order valence-electron chi connectivity index (χ1n) is 9.69. The molecular weight excluding hydrogens is 338 g/mol. The number of methoxy groups -OCH3 is 1. The second-order valence-electron chi connectivity index (χ2n) is 7.15. The lowest BCUT2D eigenvalue weighted by Gasteiger charge is -2.22. The molecule has 0 spiro atoms. The summed E-state index contributed by atoms with van der Waals surface area (Å²) in [7, 11) is 3.66. The van der Waals surface area contributed by atoms with Crippen molar-refractivity contribution in [3.8, 4) is 0 Å². The number of anilines is 1. The molecule has 144 valence electrons. The van der Waals surface area contributed by atoms with Crippen LogP contribution in [0.15, 0.2) is 48.7 Å². The SMILES string of the molecule is COCCN(C)c1ccc(C(=O)N2CCC[C@H](c3ccccc3)CC2)cn1. The van der Waals surface area contributed by atoms with Gasteiger partial charge < -0.3 is 14.5 Å². The topological polar surface area (TPSA) is 45.7 Å². The van der Waals surface area contributed by atoms with Gasteiger partial charge in [-0.2, -0.15) is 0 Å². The van der Waals surface area contributed by atoms with Gasteiger partial charge >= 0.3 is 0 Å². The molecule has 1 aliphatic heterocycles. The van der Waals surface area contributed by atoms with Gasteiger partial charge in [0.15, 0.2) is 0 Å². The summed E-state index contributed by atoms with van der Waals surface area (Å²) in [5.41, 5.74) is 2.05. The first-order chi connectivity index (χ1) is 13.2. The van der Waals surface area contributed by atoms with Crippen LogP contribution in [0.5, 0.6) is 0 Å². The number of carbonyl (C=O) groups excluding carboxylic acids is 1. The maximum absolute atomic E-state index is 12.9. The van der Waals surface area contributed by atoms with E-state index in [9.17, 15) is 4.79 Å². The molecule has 1 fully saturated rings. The van der Waals surface area contributed by atoms with Crippen LogP contribution in [0.25, 0.3) is 0 Å². The predicted molar refractivity (Wildman–Crippen MR) is 108 cm³/mol. The molecule has 1 aromatic heterocycles. The van der Waals surface area contributed by atoms with Gasteiger partial charge in [-0.1, -0.05) is 30.3 Å². The fourth-order valence-electron chi connectivity index (χ4n) is 3.62. The Balaban J connectivity index is 1.60. The minimum atomic E-state index is 0.0855. The zero-order valence-electron chi connectivity index (χ0n) is 16.3. The first-order valence-corrected chi connectivity index (χ1v) is 9.69. The molecule has 2 heterocycles. The fourth-order valence-corrected chi connectivity index (χ4v) is 3.62. The highest BCUT2D eigenvalue weighted by Gasteiger charge is 2.22. The average molecular weight is 367 g/mol. The lowest BCUT2D eigenvalue weighted by molar-refractivity contribution is 0.0760. The minimum Gasteiger partial charge on any atom is -0.383 e. The van der Waals surface area contributed by atoms with Gasteiger partial charge in [0.1, 0.15) is 5.82 Å². The average Bonchev–Trinajstić information content (AvgIpc) is 2.98. The molecular formula is C22H29N3O2. The summed E-state index contributed by atoms with van der Waals surface area (Å²) in [6.45, 7) is 3.03. The molecule has 0 unspecified atom stereocenters. The van der Waals surface area contributed by atoms with Crippen LogP contribution >= 0.6 is 0 Å². The van der Waals surface area contributed by atoms with Crippen molar-refractivity contribution in [3.05, 3.63) is 59.8 Å². The van der Waals surface area contributed by atoms with Crippen LogP contribution in [-0.4, -0.2) is 56.2 Å². The van der Waals surface area contributed by atoms with Crippen molar-refractivity contribution >= 4 is 11.7 Å². The van der Waals surface area contributed by atoms with Gasteiger partial charge in [0, 0.05) is 40.0 Å². The summed E-state index contributed by atoms with van der Waals surface area (Å²) in [4.78, 5) is 21.4. The van der Waals surface area contributed by atoms with Crippen molar-refractivity contribution in [3.63, 3.8) is 0 Å². The third kappa shape index (κ3) is 5.07. The number of hydrogen-bond donors (Lipinski definition) is 0. The van der Waals surface area contributed by atoms with Gasteiger partial charge in [-0.3, -0.25) is 4.79 Å². The third-order valence-electron chi connectivity index (χ3n) is 5.30. The van der Waals surface area contributed by atoms with Gasteiger partial charge in [0.05, 0.1) is 12.2 Å². The predicted octanol–water partition coefficient (Wildman–Crippen LogP) is 3.57. The summed E-state index contributed by atoms with van der Waals surface area (Å²) in [5, 5.41) is 0. The van der Waals surface area contributed by atoms with E-state index in [4.69, 9.17) is 4.74 Å². The summed E-state index contributed by atoms with van der Waals surface area (Å²) < 4.78 is 5.10. The van der Waals surface area contributed by atoms with E-state index in [-0.39, 0.29) is 5.91 Å². The van der Waals surface area contributed by atoms with E-state index in [1.807, 2.05) is 29.0 Å². The number of likely N-dealkylation sites (tertiary alicyclic amines) is 1. The molecule has 0 aliphatic carbocycles. The number of hydrogen-bond acceptors (Lipinski definition) is 4. The number of rotatable bonds is 6. The van der Waals surface area contributed by atoms with Crippen molar-refractivity contribution in [2.45, 2.75) is 25.2 Å². The van der Waals surface area contributed by atoms with Crippen LogP contribution in [0, 0.1) is 0 Å². The molecule has 5 nitrogen and oxygen atoms in total. The Labute approximate surface area is 162 Å². The Morgan fingerprint density at radius 3 is 2.70 bits per heavy atom. The van der Waals surface area contributed by atoms with E-state index < -0.39 is 0 Å². The van der Waals surface area contributed by atoms with Gasteiger partial charge in [0.2, 0.25) is 0 Å². The highest BCUT2D eigenvalue weighted by molar-refractivity contribution is 5.94. The first kappa shape index (κ1) is 19.4. The molecule has 27 heavy (non-hydrogen) atoms. The molecule has 1 aliphatic rings. The van der Waals surface area contributed by atoms with E-state index >= 15 is 0 Å². The molecule has 1 aromatic carbocycles. The van der Waals surface area contributed by atoms with E-state index in [0.29, 0.717) is 18.1 Å². The Morgan fingerprint density at radius 2 is 2.00 bits per heavy atom. The quantitative estimate of drug-likeness (QED) is 0.783. The van der Waals surface area contributed by atoms with Gasteiger partial charge in [-0.15, -0.1) is 0 Å². The highest BCUT2D eigenvalue weighted by atomic mass is 16.5. The van der Waals surface area contributed by atoms with Crippen LogP contribution in [0.1, 0.15) is 41.1 Å². The smallest absolute Gasteiger partial charge is 0.255 e. The molecule has 1 atom stereocenters. The summed E-state index contributed by atoms with van der Waals surface area (Å²) in [6, 6.07) is 14.4. The lowest BCUT2D eigenvalue weighted by Crippen LogP contribution is -2.32. The number of nitrogens with zero attached hydrogens (tertiary/aromatic N) is 3. The highest BCUT2D eigenvalue weighted by Crippen LogP contribution is 2.28. The number of aromatic nitrogens is 1. The standard InChI is InChI=1S/C22H29N3O2/c1-24(15-16-27-2)21-11-10-20(17-23-21)22(26)25-13-6-9-19(12-14-25)18-7-4-3-5-8-18/h3-5,7-8,10-11,17,19H,6,9,12-16H2,1-2H3/t19-/m0/s1. The van der Waals surface area contributed by atoms with Crippen molar-refractivity contribution in [2.24, 2.45) is 0 Å². The summed E-state index contributed by atoms with van der Waals surface area (Å²) in [6.07, 6.45) is 4.88. The third-order valence-corrected chi connectivity index (χ3v) is 5.30. The molecule has 1 saturated heterocycles. The molecule has 0 bridgehead atoms. The number of pyridine rings is 1. The Hall–Kier alpha value is -2.40. The number of carbonyl (C=O) groups is 1. The molecule has 0 radical (unpaired) electrons. The van der Waals surface area contributed by atoms with Crippen molar-refractivity contribution in [1.82, 2.24) is 9.88 Å². The van der Waals surface area contributed by atoms with Gasteiger partial charge in [0.25, 0.3) is 5.91 Å².